The Morgan fingerprint density at radius 2 is 1.95 bits per heavy atom. The van der Waals surface area contributed by atoms with Crippen LogP contribution in [0.25, 0.3) is 0 Å². The Morgan fingerprint density at radius 1 is 1.32 bits per heavy atom. The maximum Gasteiger partial charge on any atom is 0.401 e. The minimum atomic E-state index is -4.18. The van der Waals surface area contributed by atoms with Crippen molar-refractivity contribution in [1.82, 2.24) is 14.9 Å². The number of anilines is 1. The first-order chi connectivity index (χ1) is 8.87. The summed E-state index contributed by atoms with van der Waals surface area (Å²) in [6.45, 7) is 0.502. The van der Waals surface area contributed by atoms with Crippen LogP contribution in [0.5, 0.6) is 0 Å². The normalized spacial score (nSPS) is 17.8. The van der Waals surface area contributed by atoms with Crippen LogP contribution in [0.15, 0.2) is 15.6 Å². The summed E-state index contributed by atoms with van der Waals surface area (Å²) in [5.74, 6) is 0.468. The predicted molar refractivity (Wildman–Crippen MR) is 67.3 cm³/mol. The molecule has 1 N–H and O–H groups in total. The van der Waals surface area contributed by atoms with E-state index in [0.717, 1.165) is 0 Å². The van der Waals surface area contributed by atoms with Crippen molar-refractivity contribution < 1.29 is 13.2 Å². The van der Waals surface area contributed by atoms with Crippen LogP contribution < -0.4 is 10.5 Å². The molecule has 0 saturated carbocycles. The van der Waals surface area contributed by atoms with Crippen molar-refractivity contribution in [2.75, 3.05) is 37.6 Å². The third-order valence-electron chi connectivity index (χ3n) is 2.85. The molecule has 2 heterocycles. The maximum absolute atomic E-state index is 12.3. The number of aromatic nitrogens is 2. The fourth-order valence-corrected chi connectivity index (χ4v) is 2.43. The van der Waals surface area contributed by atoms with Gasteiger partial charge < -0.3 is 9.88 Å². The molecule has 1 saturated heterocycles. The lowest BCUT2D eigenvalue weighted by molar-refractivity contribution is -0.146. The van der Waals surface area contributed by atoms with E-state index in [0.29, 0.717) is 36.5 Å². The zero-order chi connectivity index (χ0) is 14.0. The molecule has 1 fully saturated rings. The SMILES string of the molecule is O=c1[nH]cnc(N2CCN(CC(F)(F)F)CC2)c1Br. The quantitative estimate of drug-likeness (QED) is 0.879. The molecule has 0 spiro atoms. The third kappa shape index (κ3) is 3.69. The van der Waals surface area contributed by atoms with Crippen LogP contribution >= 0.6 is 15.9 Å². The van der Waals surface area contributed by atoms with E-state index in [4.69, 9.17) is 0 Å². The van der Waals surface area contributed by atoms with E-state index < -0.39 is 12.7 Å². The second kappa shape index (κ2) is 5.49. The van der Waals surface area contributed by atoms with Gasteiger partial charge in [0.05, 0.1) is 12.9 Å². The van der Waals surface area contributed by atoms with E-state index in [9.17, 15) is 18.0 Å². The smallest absolute Gasteiger partial charge is 0.353 e. The number of nitrogens with zero attached hydrogens (tertiary/aromatic N) is 3. The van der Waals surface area contributed by atoms with Crippen molar-refractivity contribution in [1.29, 1.82) is 0 Å². The fourth-order valence-electron chi connectivity index (χ4n) is 1.97. The number of piperazine rings is 1. The first-order valence-electron chi connectivity index (χ1n) is 5.64. The van der Waals surface area contributed by atoms with E-state index in [-0.39, 0.29) is 5.56 Å². The van der Waals surface area contributed by atoms with E-state index in [1.54, 1.807) is 4.90 Å². The van der Waals surface area contributed by atoms with E-state index >= 15 is 0 Å². The molecular weight excluding hydrogens is 329 g/mol. The van der Waals surface area contributed by atoms with Crippen molar-refractivity contribution in [3.63, 3.8) is 0 Å². The van der Waals surface area contributed by atoms with E-state index in [1.807, 2.05) is 0 Å². The van der Waals surface area contributed by atoms with Gasteiger partial charge >= 0.3 is 6.18 Å². The lowest BCUT2D eigenvalue weighted by Crippen LogP contribution is -2.49. The van der Waals surface area contributed by atoms with Gasteiger partial charge in [-0.2, -0.15) is 13.2 Å². The number of alkyl halides is 3. The molecule has 1 aromatic rings. The van der Waals surface area contributed by atoms with Crippen LogP contribution in [0, 0.1) is 0 Å². The number of H-pyrrole nitrogens is 1. The molecule has 1 aliphatic heterocycles. The summed E-state index contributed by atoms with van der Waals surface area (Å²) in [4.78, 5) is 21.0. The molecule has 9 heteroatoms. The zero-order valence-electron chi connectivity index (χ0n) is 9.87. The monoisotopic (exact) mass is 340 g/mol. The Labute approximate surface area is 115 Å². The van der Waals surface area contributed by atoms with Gasteiger partial charge in [-0.05, 0) is 15.9 Å². The number of nitrogens with one attached hydrogen (secondary N) is 1. The third-order valence-corrected chi connectivity index (χ3v) is 3.57. The summed E-state index contributed by atoms with van der Waals surface area (Å²) in [5, 5.41) is 0. The molecule has 0 unspecified atom stereocenters. The van der Waals surface area contributed by atoms with E-state index in [2.05, 4.69) is 25.9 Å². The fraction of sp³-hybridized carbons (Fsp3) is 0.600. The number of rotatable bonds is 2. The molecule has 0 aliphatic carbocycles. The van der Waals surface area contributed by atoms with Gasteiger partial charge in [-0.15, -0.1) is 0 Å². The standard InChI is InChI=1S/C10H12BrF3N4O/c11-7-8(15-6-16-9(7)19)18-3-1-17(2-4-18)5-10(12,13)14/h6H,1-5H2,(H,15,16,19). The van der Waals surface area contributed by atoms with Crippen molar-refractivity contribution in [3.8, 4) is 0 Å². The van der Waals surface area contributed by atoms with Crippen LogP contribution in [0.3, 0.4) is 0 Å². The predicted octanol–water partition coefficient (Wildman–Crippen LogP) is 1.22. The average Bonchev–Trinajstić information content (AvgIpc) is 2.32. The highest BCUT2D eigenvalue weighted by molar-refractivity contribution is 9.10. The molecular formula is C10H12BrF3N4O. The van der Waals surface area contributed by atoms with Gasteiger partial charge in [0.25, 0.3) is 5.56 Å². The average molecular weight is 341 g/mol. The number of hydrogen-bond donors (Lipinski definition) is 1. The highest BCUT2D eigenvalue weighted by Crippen LogP contribution is 2.22. The molecule has 2 rings (SSSR count). The van der Waals surface area contributed by atoms with Gasteiger partial charge in [-0.3, -0.25) is 9.69 Å². The van der Waals surface area contributed by atoms with Crippen LogP contribution in [-0.2, 0) is 0 Å². The van der Waals surface area contributed by atoms with Gasteiger partial charge in [0.2, 0.25) is 0 Å². The molecule has 19 heavy (non-hydrogen) atoms. The lowest BCUT2D eigenvalue weighted by Gasteiger charge is -2.35. The largest absolute Gasteiger partial charge is 0.401 e. The minimum Gasteiger partial charge on any atom is -0.353 e. The first kappa shape index (κ1) is 14.3. The molecule has 5 nitrogen and oxygen atoms in total. The lowest BCUT2D eigenvalue weighted by atomic mass is 10.3. The van der Waals surface area contributed by atoms with Crippen molar-refractivity contribution >= 4 is 21.7 Å². The van der Waals surface area contributed by atoms with Crippen LogP contribution in [0.4, 0.5) is 19.0 Å². The summed E-state index contributed by atoms with van der Waals surface area (Å²) >= 11 is 3.14. The topological polar surface area (TPSA) is 52.2 Å². The van der Waals surface area contributed by atoms with Gasteiger partial charge in [-0.25, -0.2) is 4.98 Å². The Morgan fingerprint density at radius 3 is 2.53 bits per heavy atom. The zero-order valence-corrected chi connectivity index (χ0v) is 11.5. The summed E-state index contributed by atoms with van der Waals surface area (Å²) in [6, 6.07) is 0. The molecule has 0 bridgehead atoms. The molecule has 1 aromatic heterocycles. The molecule has 1 aliphatic rings. The number of aromatic amines is 1. The summed E-state index contributed by atoms with van der Waals surface area (Å²) < 4.78 is 37.1. The van der Waals surface area contributed by atoms with Gasteiger partial charge in [0, 0.05) is 26.2 Å². The van der Waals surface area contributed by atoms with Crippen molar-refractivity contribution in [2.24, 2.45) is 0 Å². The molecule has 0 atom stereocenters. The molecule has 0 aromatic carbocycles. The van der Waals surface area contributed by atoms with Gasteiger partial charge in [0.1, 0.15) is 10.3 Å². The van der Waals surface area contributed by atoms with Crippen molar-refractivity contribution in [3.05, 3.63) is 21.2 Å². The van der Waals surface area contributed by atoms with Gasteiger partial charge in [-0.1, -0.05) is 0 Å². The first-order valence-corrected chi connectivity index (χ1v) is 6.43. The van der Waals surface area contributed by atoms with Crippen LogP contribution in [0.2, 0.25) is 0 Å². The van der Waals surface area contributed by atoms with Crippen LogP contribution in [-0.4, -0.2) is 53.8 Å². The number of hydrogen-bond acceptors (Lipinski definition) is 4. The Kier molecular flexibility index (Phi) is 4.14. The summed E-state index contributed by atoms with van der Waals surface area (Å²) in [5.41, 5.74) is -0.303. The second-order valence-corrected chi connectivity index (χ2v) is 5.04. The molecule has 0 radical (unpaired) electrons. The van der Waals surface area contributed by atoms with Crippen LogP contribution in [0.1, 0.15) is 0 Å². The summed E-state index contributed by atoms with van der Waals surface area (Å²) in [7, 11) is 0. The summed E-state index contributed by atoms with van der Waals surface area (Å²) in [6.07, 6.45) is -2.89. The Hall–Kier alpha value is -1.09. The minimum absolute atomic E-state index is 0.292. The second-order valence-electron chi connectivity index (χ2n) is 4.25. The highest BCUT2D eigenvalue weighted by atomic mass is 79.9. The molecule has 106 valence electrons. The number of halogens is 4. The maximum atomic E-state index is 12.3. The van der Waals surface area contributed by atoms with Crippen molar-refractivity contribution in [2.45, 2.75) is 6.18 Å². The highest BCUT2D eigenvalue weighted by Gasteiger charge is 2.32. The molecule has 0 amide bonds. The van der Waals surface area contributed by atoms with Gasteiger partial charge in [0.15, 0.2) is 0 Å². The Balaban J connectivity index is 2.00. The van der Waals surface area contributed by atoms with E-state index in [1.165, 1.54) is 11.2 Å². The Bertz CT molecular complexity index is 496.